The number of hydrogen-bond acceptors (Lipinski definition) is 2. The molecule has 0 aliphatic heterocycles. The van der Waals surface area contributed by atoms with Crippen LogP contribution in [0, 0.1) is 0 Å². The van der Waals surface area contributed by atoms with Crippen LogP contribution in [0.2, 0.25) is 0 Å². The van der Waals surface area contributed by atoms with Crippen molar-refractivity contribution < 1.29 is 31.1 Å². The fourth-order valence-electron chi connectivity index (χ4n) is 1.98. The predicted octanol–water partition coefficient (Wildman–Crippen LogP) is 4.65. The van der Waals surface area contributed by atoms with E-state index in [4.69, 9.17) is 5.73 Å². The van der Waals surface area contributed by atoms with Crippen molar-refractivity contribution in [2.45, 2.75) is 18.6 Å². The Morgan fingerprint density at radius 1 is 0.826 bits per heavy atom. The summed E-state index contributed by atoms with van der Waals surface area (Å²) in [6.07, 6.45) is -9.31. The van der Waals surface area contributed by atoms with Crippen LogP contribution in [-0.4, -0.2) is 6.36 Å². The first-order valence-corrected chi connectivity index (χ1v) is 6.35. The molecule has 0 amide bonds. The van der Waals surface area contributed by atoms with Gasteiger partial charge < -0.3 is 10.5 Å². The molecule has 23 heavy (non-hydrogen) atoms. The lowest BCUT2D eigenvalue weighted by molar-refractivity contribution is -0.274. The smallest absolute Gasteiger partial charge is 0.406 e. The molecule has 2 aromatic rings. The van der Waals surface area contributed by atoms with E-state index in [1.54, 1.807) is 0 Å². The van der Waals surface area contributed by atoms with Crippen molar-refractivity contribution in [3.63, 3.8) is 0 Å². The first-order valence-electron chi connectivity index (χ1n) is 6.35. The molecule has 0 aromatic heterocycles. The maximum absolute atomic E-state index is 12.7. The van der Waals surface area contributed by atoms with Crippen LogP contribution in [0.5, 0.6) is 5.75 Å². The summed E-state index contributed by atoms with van der Waals surface area (Å²) in [5, 5.41) is 0. The van der Waals surface area contributed by atoms with Gasteiger partial charge in [0.2, 0.25) is 0 Å². The van der Waals surface area contributed by atoms with Crippen LogP contribution in [0.25, 0.3) is 0 Å². The highest BCUT2D eigenvalue weighted by atomic mass is 19.4. The molecule has 0 saturated carbocycles. The van der Waals surface area contributed by atoms with E-state index in [2.05, 4.69) is 4.74 Å². The number of hydrogen-bond donors (Lipinski definition) is 1. The van der Waals surface area contributed by atoms with Crippen molar-refractivity contribution in [1.82, 2.24) is 0 Å². The molecule has 0 bridgehead atoms. The number of alkyl halides is 6. The topological polar surface area (TPSA) is 35.2 Å². The van der Waals surface area contributed by atoms with Gasteiger partial charge in [-0.15, -0.1) is 13.2 Å². The number of nitrogens with two attached hydrogens (primary N) is 1. The van der Waals surface area contributed by atoms with E-state index in [0.29, 0.717) is 5.56 Å². The first kappa shape index (κ1) is 17.1. The van der Waals surface area contributed by atoms with Gasteiger partial charge in [0.1, 0.15) is 5.75 Å². The Bertz CT molecular complexity index is 663. The minimum atomic E-state index is -4.81. The highest BCUT2D eigenvalue weighted by Gasteiger charge is 2.32. The zero-order valence-electron chi connectivity index (χ0n) is 11.4. The third kappa shape index (κ3) is 4.62. The van der Waals surface area contributed by atoms with E-state index in [1.165, 1.54) is 24.3 Å². The van der Waals surface area contributed by atoms with Gasteiger partial charge in [-0.25, -0.2) is 0 Å². The molecule has 0 aliphatic carbocycles. The van der Waals surface area contributed by atoms with Gasteiger partial charge >= 0.3 is 12.5 Å². The number of rotatable bonds is 3. The second kappa shape index (κ2) is 6.11. The normalized spacial score (nSPS) is 13.7. The van der Waals surface area contributed by atoms with Gasteiger partial charge in [0.05, 0.1) is 11.6 Å². The van der Waals surface area contributed by atoms with Crippen molar-refractivity contribution in [1.29, 1.82) is 0 Å². The molecule has 0 aliphatic rings. The van der Waals surface area contributed by atoms with E-state index in [1.807, 2.05) is 0 Å². The summed E-state index contributed by atoms with van der Waals surface area (Å²) >= 11 is 0. The molecule has 2 aromatic carbocycles. The molecule has 1 atom stereocenters. The molecule has 124 valence electrons. The monoisotopic (exact) mass is 335 g/mol. The molecular formula is C15H11F6NO. The average Bonchev–Trinajstić information content (AvgIpc) is 2.45. The Morgan fingerprint density at radius 3 is 1.96 bits per heavy atom. The molecule has 1 unspecified atom stereocenters. The highest BCUT2D eigenvalue weighted by Crippen LogP contribution is 2.32. The second-order valence-corrected chi connectivity index (χ2v) is 4.72. The fourth-order valence-corrected chi connectivity index (χ4v) is 1.98. The van der Waals surface area contributed by atoms with E-state index < -0.39 is 29.9 Å². The molecule has 0 radical (unpaired) electrons. The van der Waals surface area contributed by atoms with Gasteiger partial charge in [0.15, 0.2) is 0 Å². The first-order chi connectivity index (χ1) is 10.6. The van der Waals surface area contributed by atoms with E-state index in [9.17, 15) is 26.3 Å². The minimum Gasteiger partial charge on any atom is -0.406 e. The second-order valence-electron chi connectivity index (χ2n) is 4.72. The van der Waals surface area contributed by atoms with Gasteiger partial charge in [0.25, 0.3) is 0 Å². The number of ether oxygens (including phenoxy) is 1. The Balaban J connectivity index is 2.22. The van der Waals surface area contributed by atoms with E-state index >= 15 is 0 Å². The number of halogens is 6. The number of benzene rings is 2. The van der Waals surface area contributed by atoms with Crippen LogP contribution in [0.3, 0.4) is 0 Å². The third-order valence-electron chi connectivity index (χ3n) is 3.05. The summed E-state index contributed by atoms with van der Waals surface area (Å²) in [6.45, 7) is 0. The molecule has 2 N–H and O–H groups in total. The molecule has 0 spiro atoms. The molecule has 0 heterocycles. The zero-order chi connectivity index (χ0) is 17.3. The van der Waals surface area contributed by atoms with Crippen LogP contribution in [0.15, 0.2) is 48.5 Å². The van der Waals surface area contributed by atoms with Gasteiger partial charge in [-0.1, -0.05) is 24.3 Å². The molecule has 2 rings (SSSR count). The SMILES string of the molecule is NC(c1ccc(OC(F)(F)F)cc1)c1cccc(C(F)(F)F)c1. The molecule has 2 nitrogen and oxygen atoms in total. The Hall–Kier alpha value is -2.22. The van der Waals surface area contributed by atoms with Gasteiger partial charge in [-0.05, 0) is 35.4 Å². The van der Waals surface area contributed by atoms with Gasteiger partial charge in [0, 0.05) is 0 Å². The van der Waals surface area contributed by atoms with E-state index in [0.717, 1.165) is 24.3 Å². The predicted molar refractivity (Wildman–Crippen MR) is 70.6 cm³/mol. The lowest BCUT2D eigenvalue weighted by atomic mass is 9.98. The Kier molecular flexibility index (Phi) is 4.56. The Labute approximate surface area is 127 Å². The summed E-state index contributed by atoms with van der Waals surface area (Å²) in [7, 11) is 0. The Morgan fingerprint density at radius 2 is 1.43 bits per heavy atom. The van der Waals surface area contributed by atoms with Gasteiger partial charge in [-0.3, -0.25) is 0 Å². The van der Waals surface area contributed by atoms with E-state index in [-0.39, 0.29) is 5.56 Å². The van der Waals surface area contributed by atoms with Gasteiger partial charge in [-0.2, -0.15) is 13.2 Å². The summed E-state index contributed by atoms with van der Waals surface area (Å²) < 4.78 is 78.0. The highest BCUT2D eigenvalue weighted by molar-refractivity contribution is 5.37. The minimum absolute atomic E-state index is 0.198. The quantitative estimate of drug-likeness (QED) is 0.829. The van der Waals surface area contributed by atoms with Crippen LogP contribution in [-0.2, 0) is 6.18 Å². The van der Waals surface area contributed by atoms with Crippen LogP contribution >= 0.6 is 0 Å². The lowest BCUT2D eigenvalue weighted by Crippen LogP contribution is -2.17. The summed E-state index contributed by atoms with van der Waals surface area (Å²) in [4.78, 5) is 0. The molecular weight excluding hydrogens is 324 g/mol. The van der Waals surface area contributed by atoms with Crippen molar-refractivity contribution in [2.24, 2.45) is 5.73 Å². The maximum Gasteiger partial charge on any atom is 0.573 e. The fraction of sp³-hybridized carbons (Fsp3) is 0.200. The standard InChI is InChI=1S/C15H11F6NO/c16-14(17,18)11-3-1-2-10(8-11)13(22)9-4-6-12(7-5-9)23-15(19,20)21/h1-8,13H,22H2. The van der Waals surface area contributed by atoms with Crippen LogP contribution in [0.1, 0.15) is 22.7 Å². The average molecular weight is 335 g/mol. The largest absolute Gasteiger partial charge is 0.573 e. The van der Waals surface area contributed by atoms with Crippen molar-refractivity contribution in [3.8, 4) is 5.75 Å². The summed E-state index contributed by atoms with van der Waals surface area (Å²) in [5.74, 6) is -0.433. The third-order valence-corrected chi connectivity index (χ3v) is 3.05. The summed E-state index contributed by atoms with van der Waals surface area (Å²) in [5.41, 5.74) is 5.59. The lowest BCUT2D eigenvalue weighted by Gasteiger charge is -2.16. The van der Waals surface area contributed by atoms with Crippen LogP contribution in [0.4, 0.5) is 26.3 Å². The van der Waals surface area contributed by atoms with Crippen LogP contribution < -0.4 is 10.5 Å². The van der Waals surface area contributed by atoms with Crippen molar-refractivity contribution in [3.05, 3.63) is 65.2 Å². The van der Waals surface area contributed by atoms with Crippen molar-refractivity contribution in [2.75, 3.05) is 0 Å². The maximum atomic E-state index is 12.7. The van der Waals surface area contributed by atoms with Crippen molar-refractivity contribution >= 4 is 0 Å². The summed E-state index contributed by atoms with van der Waals surface area (Å²) in [6, 6.07) is 8.20. The molecule has 0 fully saturated rings. The molecule has 0 saturated heterocycles. The zero-order valence-corrected chi connectivity index (χ0v) is 11.4. The molecule has 8 heteroatoms.